The van der Waals surface area contributed by atoms with E-state index in [-0.39, 0.29) is 13.1 Å². The third-order valence-electron chi connectivity index (χ3n) is 2.64. The number of nitrogens with one attached hydrogen (secondary N) is 1. The summed E-state index contributed by atoms with van der Waals surface area (Å²) in [6, 6.07) is 3.46. The Balaban J connectivity index is 1.75. The highest BCUT2D eigenvalue weighted by molar-refractivity contribution is 5.83. The number of esters is 1. The van der Waals surface area contributed by atoms with E-state index in [0.29, 0.717) is 11.4 Å². The zero-order chi connectivity index (χ0) is 15.2. The molecule has 3 N–H and O–H groups in total. The molecular formula is C13H16N4O4. The molecule has 8 heteroatoms. The number of anilines is 1. The topological polar surface area (TPSA) is 112 Å². The lowest BCUT2D eigenvalue weighted by atomic mass is 10.3. The predicted molar refractivity (Wildman–Crippen MR) is 72.7 cm³/mol. The van der Waals surface area contributed by atoms with Crippen molar-refractivity contribution >= 4 is 17.6 Å². The Morgan fingerprint density at radius 1 is 1.57 bits per heavy atom. The van der Waals surface area contributed by atoms with E-state index in [1.54, 1.807) is 12.1 Å². The number of furan rings is 1. The summed E-state index contributed by atoms with van der Waals surface area (Å²) in [5.41, 5.74) is 5.93. The van der Waals surface area contributed by atoms with Crippen LogP contribution in [-0.2, 0) is 27.4 Å². The molecule has 0 saturated heterocycles. The fourth-order valence-electron chi connectivity index (χ4n) is 1.62. The highest BCUT2D eigenvalue weighted by Crippen LogP contribution is 2.01. The summed E-state index contributed by atoms with van der Waals surface area (Å²) >= 11 is 0. The van der Waals surface area contributed by atoms with Crippen molar-refractivity contribution in [1.29, 1.82) is 0 Å². The van der Waals surface area contributed by atoms with Crippen LogP contribution in [0.15, 0.2) is 35.2 Å². The molecule has 0 spiro atoms. The van der Waals surface area contributed by atoms with Crippen molar-refractivity contribution in [2.75, 3.05) is 5.73 Å². The third-order valence-corrected chi connectivity index (χ3v) is 2.64. The molecule has 0 saturated carbocycles. The van der Waals surface area contributed by atoms with Gasteiger partial charge >= 0.3 is 5.97 Å². The van der Waals surface area contributed by atoms with Crippen LogP contribution in [0, 0.1) is 0 Å². The van der Waals surface area contributed by atoms with Gasteiger partial charge in [-0.3, -0.25) is 14.3 Å². The van der Waals surface area contributed by atoms with Gasteiger partial charge in [-0.1, -0.05) is 0 Å². The lowest BCUT2D eigenvalue weighted by molar-refractivity contribution is -0.155. The summed E-state index contributed by atoms with van der Waals surface area (Å²) in [6.07, 6.45) is 3.54. The maximum atomic E-state index is 11.8. The Hall–Kier alpha value is -2.77. The summed E-state index contributed by atoms with van der Waals surface area (Å²) in [5, 5.41) is 6.46. The Morgan fingerprint density at radius 3 is 3.00 bits per heavy atom. The second-order valence-electron chi connectivity index (χ2n) is 4.40. The Morgan fingerprint density at radius 2 is 2.38 bits per heavy atom. The van der Waals surface area contributed by atoms with Crippen molar-refractivity contribution in [3.63, 3.8) is 0 Å². The number of carbonyl (C=O) groups is 2. The van der Waals surface area contributed by atoms with Gasteiger partial charge in [0.15, 0.2) is 6.10 Å². The molecule has 2 heterocycles. The molecule has 0 bridgehead atoms. The highest BCUT2D eigenvalue weighted by Gasteiger charge is 2.18. The first-order valence-electron chi connectivity index (χ1n) is 6.32. The summed E-state index contributed by atoms with van der Waals surface area (Å²) in [6.45, 7) is 1.63. The minimum absolute atomic E-state index is 0.104. The van der Waals surface area contributed by atoms with Gasteiger partial charge in [0.05, 0.1) is 24.7 Å². The van der Waals surface area contributed by atoms with Gasteiger partial charge in [0.2, 0.25) is 0 Å². The van der Waals surface area contributed by atoms with E-state index in [1.807, 2.05) is 0 Å². The highest BCUT2D eigenvalue weighted by atomic mass is 16.5. The molecule has 2 aromatic heterocycles. The third kappa shape index (κ3) is 4.37. The number of hydrogen-bond acceptors (Lipinski definition) is 6. The number of carbonyl (C=O) groups excluding carboxylic acids is 2. The first-order chi connectivity index (χ1) is 10.0. The molecule has 1 atom stereocenters. The molecular weight excluding hydrogens is 276 g/mol. The van der Waals surface area contributed by atoms with Crippen LogP contribution in [0.25, 0.3) is 0 Å². The van der Waals surface area contributed by atoms with Gasteiger partial charge in [0, 0.05) is 6.20 Å². The molecule has 0 radical (unpaired) electrons. The summed E-state index contributed by atoms with van der Waals surface area (Å²) in [4.78, 5) is 23.4. The number of nitrogens with zero attached hydrogens (tertiary/aromatic N) is 2. The monoisotopic (exact) mass is 292 g/mol. The molecule has 0 aliphatic rings. The van der Waals surface area contributed by atoms with E-state index < -0.39 is 18.0 Å². The standard InChI is InChI=1S/C13H16N4O4/c1-9(13(19)15-6-11-3-2-4-20-11)21-12(18)8-17-7-10(14)5-16-17/h2-5,7,9H,6,8,14H2,1H3,(H,15,19). The van der Waals surface area contributed by atoms with Crippen molar-refractivity contribution in [2.24, 2.45) is 0 Å². The van der Waals surface area contributed by atoms with Crippen molar-refractivity contribution in [2.45, 2.75) is 26.1 Å². The molecule has 112 valence electrons. The number of rotatable bonds is 6. The second-order valence-corrected chi connectivity index (χ2v) is 4.40. The molecule has 8 nitrogen and oxygen atoms in total. The number of aromatic nitrogens is 2. The fourth-order valence-corrected chi connectivity index (χ4v) is 1.62. The van der Waals surface area contributed by atoms with Crippen LogP contribution in [-0.4, -0.2) is 27.8 Å². The maximum Gasteiger partial charge on any atom is 0.328 e. The van der Waals surface area contributed by atoms with Gasteiger partial charge < -0.3 is 20.2 Å². The SMILES string of the molecule is CC(OC(=O)Cn1cc(N)cn1)C(=O)NCc1ccco1. The molecule has 0 aliphatic heterocycles. The number of hydrogen-bond donors (Lipinski definition) is 2. The lowest BCUT2D eigenvalue weighted by Gasteiger charge is -2.12. The lowest BCUT2D eigenvalue weighted by Crippen LogP contribution is -2.36. The van der Waals surface area contributed by atoms with Crippen LogP contribution in [0.3, 0.4) is 0 Å². The normalized spacial score (nSPS) is 11.9. The number of nitrogens with two attached hydrogens (primary N) is 1. The van der Waals surface area contributed by atoms with E-state index in [0.717, 1.165) is 0 Å². The quantitative estimate of drug-likeness (QED) is 0.741. The van der Waals surface area contributed by atoms with Gasteiger partial charge in [-0.15, -0.1) is 0 Å². The smallest absolute Gasteiger partial charge is 0.328 e. The van der Waals surface area contributed by atoms with Crippen molar-refractivity contribution in [3.8, 4) is 0 Å². The number of amides is 1. The first kappa shape index (κ1) is 14.6. The number of nitrogen functional groups attached to an aromatic ring is 1. The molecule has 2 aromatic rings. The molecule has 0 fully saturated rings. The number of ether oxygens (including phenoxy) is 1. The van der Waals surface area contributed by atoms with Crippen LogP contribution < -0.4 is 11.1 Å². The van der Waals surface area contributed by atoms with Crippen LogP contribution in [0.2, 0.25) is 0 Å². The minimum atomic E-state index is -0.902. The van der Waals surface area contributed by atoms with Crippen molar-refractivity contribution in [3.05, 3.63) is 36.5 Å². The second kappa shape index (κ2) is 6.60. The van der Waals surface area contributed by atoms with Crippen molar-refractivity contribution < 1.29 is 18.7 Å². The van der Waals surface area contributed by atoms with Gasteiger partial charge in [0.25, 0.3) is 5.91 Å². The summed E-state index contributed by atoms with van der Waals surface area (Å²) < 4.78 is 11.4. The molecule has 2 rings (SSSR count). The van der Waals surface area contributed by atoms with Crippen molar-refractivity contribution in [1.82, 2.24) is 15.1 Å². The van der Waals surface area contributed by atoms with E-state index in [9.17, 15) is 9.59 Å². The summed E-state index contributed by atoms with van der Waals surface area (Å²) in [7, 11) is 0. The first-order valence-corrected chi connectivity index (χ1v) is 6.32. The van der Waals surface area contributed by atoms with Crippen LogP contribution in [0.1, 0.15) is 12.7 Å². The fraction of sp³-hybridized carbons (Fsp3) is 0.308. The molecule has 1 amide bonds. The van der Waals surface area contributed by atoms with E-state index >= 15 is 0 Å². The zero-order valence-electron chi connectivity index (χ0n) is 11.5. The maximum absolute atomic E-state index is 11.8. The predicted octanol–water partition coefficient (Wildman–Crippen LogP) is 0.306. The van der Waals surface area contributed by atoms with Crippen LogP contribution >= 0.6 is 0 Å². The minimum Gasteiger partial charge on any atom is -0.467 e. The van der Waals surface area contributed by atoms with E-state index in [4.69, 9.17) is 14.9 Å². The van der Waals surface area contributed by atoms with E-state index in [1.165, 1.54) is 30.3 Å². The molecule has 0 aromatic carbocycles. The van der Waals surface area contributed by atoms with Crippen LogP contribution in [0.4, 0.5) is 5.69 Å². The van der Waals surface area contributed by atoms with E-state index in [2.05, 4.69) is 10.4 Å². The van der Waals surface area contributed by atoms with Gasteiger partial charge in [-0.2, -0.15) is 5.10 Å². The van der Waals surface area contributed by atoms with Crippen LogP contribution in [0.5, 0.6) is 0 Å². The molecule has 1 unspecified atom stereocenters. The van der Waals surface area contributed by atoms with Gasteiger partial charge in [0.1, 0.15) is 12.3 Å². The molecule has 21 heavy (non-hydrogen) atoms. The average molecular weight is 292 g/mol. The Bertz CT molecular complexity index is 605. The molecule has 0 aliphatic carbocycles. The van der Waals surface area contributed by atoms with Gasteiger partial charge in [-0.25, -0.2) is 0 Å². The Labute approximate surface area is 120 Å². The Kier molecular flexibility index (Phi) is 4.60. The largest absolute Gasteiger partial charge is 0.467 e. The zero-order valence-corrected chi connectivity index (χ0v) is 11.5. The summed E-state index contributed by atoms with van der Waals surface area (Å²) in [5.74, 6) is -0.354. The average Bonchev–Trinajstić information content (AvgIpc) is 3.07. The van der Waals surface area contributed by atoms with Gasteiger partial charge in [-0.05, 0) is 19.1 Å².